The molecule has 1 N–H and O–H groups in total. The molecule has 0 unspecified atom stereocenters. The third-order valence-corrected chi connectivity index (χ3v) is 3.28. The number of anilines is 1. The second-order valence-corrected chi connectivity index (χ2v) is 5.43. The number of carbonyl (C=O) groups excluding carboxylic acids is 1. The molecule has 0 saturated heterocycles. The van der Waals surface area contributed by atoms with Crippen LogP contribution in [0, 0.1) is 5.82 Å². The lowest BCUT2D eigenvalue weighted by Crippen LogP contribution is -2.21. The second kappa shape index (κ2) is 7.85. The predicted octanol–water partition coefficient (Wildman–Crippen LogP) is 4.97. The minimum Gasteiger partial charge on any atom is -0.482 e. The molecule has 2 rings (SSSR count). The van der Waals surface area contributed by atoms with E-state index in [1.807, 2.05) is 5.32 Å². The van der Waals surface area contributed by atoms with Crippen LogP contribution in [0.3, 0.4) is 0 Å². The summed E-state index contributed by atoms with van der Waals surface area (Å²) >= 11 is 0. The zero-order chi connectivity index (χ0) is 20.2. The van der Waals surface area contributed by atoms with Gasteiger partial charge in [-0.1, -0.05) is 18.2 Å². The zero-order valence-corrected chi connectivity index (χ0v) is 13.4. The van der Waals surface area contributed by atoms with Crippen molar-refractivity contribution in [1.29, 1.82) is 0 Å². The number of hydrogen-bond donors (Lipinski definition) is 1. The SMILES string of the molecule is O=C(Cc1ccccc1F)Nc1cc(C(F)(F)F)ccc1OCC(F)(F)F. The minimum absolute atomic E-state index is 0.0280. The van der Waals surface area contributed by atoms with Crippen LogP contribution in [0.5, 0.6) is 5.75 Å². The van der Waals surface area contributed by atoms with Gasteiger partial charge in [-0.25, -0.2) is 4.39 Å². The number of alkyl halides is 6. The van der Waals surface area contributed by atoms with Crippen LogP contribution in [0.15, 0.2) is 42.5 Å². The van der Waals surface area contributed by atoms with Gasteiger partial charge in [-0.3, -0.25) is 4.79 Å². The van der Waals surface area contributed by atoms with E-state index in [1.165, 1.54) is 18.2 Å². The van der Waals surface area contributed by atoms with Gasteiger partial charge in [0.1, 0.15) is 11.6 Å². The highest BCUT2D eigenvalue weighted by molar-refractivity contribution is 5.93. The zero-order valence-electron chi connectivity index (χ0n) is 13.4. The molecular weight excluding hydrogens is 383 g/mol. The molecule has 0 bridgehead atoms. The van der Waals surface area contributed by atoms with Gasteiger partial charge in [0.25, 0.3) is 0 Å². The number of amides is 1. The predicted molar refractivity (Wildman–Crippen MR) is 81.7 cm³/mol. The first-order valence-corrected chi connectivity index (χ1v) is 7.40. The van der Waals surface area contributed by atoms with Gasteiger partial charge < -0.3 is 10.1 Å². The summed E-state index contributed by atoms with van der Waals surface area (Å²) in [5, 5.41) is 2.04. The van der Waals surface area contributed by atoms with Crippen molar-refractivity contribution in [2.45, 2.75) is 18.8 Å². The lowest BCUT2D eigenvalue weighted by Gasteiger charge is -2.16. The first-order chi connectivity index (χ1) is 12.5. The van der Waals surface area contributed by atoms with Gasteiger partial charge in [-0.2, -0.15) is 26.3 Å². The number of rotatable bonds is 5. The first-order valence-electron chi connectivity index (χ1n) is 7.40. The molecule has 0 radical (unpaired) electrons. The fourth-order valence-electron chi connectivity index (χ4n) is 2.10. The van der Waals surface area contributed by atoms with Crippen LogP contribution in [0.2, 0.25) is 0 Å². The van der Waals surface area contributed by atoms with Gasteiger partial charge in [-0.15, -0.1) is 0 Å². The van der Waals surface area contributed by atoms with E-state index in [1.54, 1.807) is 0 Å². The van der Waals surface area contributed by atoms with Crippen molar-refractivity contribution in [3.63, 3.8) is 0 Å². The monoisotopic (exact) mass is 395 g/mol. The largest absolute Gasteiger partial charge is 0.482 e. The molecule has 0 fully saturated rings. The average molecular weight is 395 g/mol. The summed E-state index contributed by atoms with van der Waals surface area (Å²) in [5.41, 5.74) is -1.82. The van der Waals surface area contributed by atoms with Gasteiger partial charge in [-0.05, 0) is 29.8 Å². The number of halogens is 7. The summed E-state index contributed by atoms with van der Waals surface area (Å²) < 4.78 is 93.4. The lowest BCUT2D eigenvalue weighted by atomic mass is 10.1. The van der Waals surface area contributed by atoms with Crippen LogP contribution < -0.4 is 10.1 Å². The summed E-state index contributed by atoms with van der Waals surface area (Å²) in [4.78, 5) is 12.0. The molecule has 0 heterocycles. The van der Waals surface area contributed by atoms with Crippen LogP contribution in [-0.2, 0) is 17.4 Å². The number of hydrogen-bond acceptors (Lipinski definition) is 2. The number of benzene rings is 2. The maximum atomic E-state index is 13.6. The fourth-order valence-corrected chi connectivity index (χ4v) is 2.10. The Balaban J connectivity index is 2.25. The van der Waals surface area contributed by atoms with Crippen LogP contribution in [-0.4, -0.2) is 18.7 Å². The number of nitrogens with one attached hydrogen (secondary N) is 1. The molecule has 1 amide bonds. The quantitative estimate of drug-likeness (QED) is 0.727. The Labute approximate surface area is 148 Å². The maximum Gasteiger partial charge on any atom is 0.422 e. The second-order valence-electron chi connectivity index (χ2n) is 5.43. The first kappa shape index (κ1) is 20.5. The van der Waals surface area contributed by atoms with E-state index in [9.17, 15) is 35.5 Å². The smallest absolute Gasteiger partial charge is 0.422 e. The molecule has 0 atom stereocenters. The fraction of sp³-hybridized carbons (Fsp3) is 0.235. The Morgan fingerprint density at radius 3 is 2.26 bits per heavy atom. The summed E-state index contributed by atoms with van der Waals surface area (Å²) in [6.07, 6.45) is -10.0. The number of ether oxygens (including phenoxy) is 1. The highest BCUT2D eigenvalue weighted by atomic mass is 19.4. The Morgan fingerprint density at radius 2 is 1.67 bits per heavy atom. The Hall–Kier alpha value is -2.78. The molecule has 2 aromatic rings. The third-order valence-electron chi connectivity index (χ3n) is 3.28. The van der Waals surface area contributed by atoms with Crippen molar-refractivity contribution in [3.05, 3.63) is 59.4 Å². The van der Waals surface area contributed by atoms with E-state index in [0.29, 0.717) is 18.2 Å². The van der Waals surface area contributed by atoms with Crippen molar-refractivity contribution in [2.24, 2.45) is 0 Å². The highest BCUT2D eigenvalue weighted by Gasteiger charge is 2.33. The molecule has 0 spiro atoms. The van der Waals surface area contributed by atoms with Crippen LogP contribution in [0.25, 0.3) is 0 Å². The van der Waals surface area contributed by atoms with E-state index in [4.69, 9.17) is 0 Å². The van der Waals surface area contributed by atoms with Crippen molar-refractivity contribution in [1.82, 2.24) is 0 Å². The van der Waals surface area contributed by atoms with Gasteiger partial charge in [0, 0.05) is 0 Å². The van der Waals surface area contributed by atoms with E-state index >= 15 is 0 Å². The van der Waals surface area contributed by atoms with Gasteiger partial charge in [0.05, 0.1) is 17.7 Å². The molecule has 2 aromatic carbocycles. The van der Waals surface area contributed by atoms with Crippen molar-refractivity contribution in [2.75, 3.05) is 11.9 Å². The topological polar surface area (TPSA) is 38.3 Å². The van der Waals surface area contributed by atoms with Gasteiger partial charge in [0.2, 0.25) is 5.91 Å². The molecule has 27 heavy (non-hydrogen) atoms. The maximum absolute atomic E-state index is 13.6. The standard InChI is InChI=1S/C17H12F7NO2/c18-12-4-2-1-3-10(12)7-15(26)25-13-8-11(17(22,23)24)5-6-14(13)27-9-16(19,20)21/h1-6,8H,7,9H2,(H,25,26). The van der Waals surface area contributed by atoms with Crippen molar-refractivity contribution < 1.29 is 40.3 Å². The molecule has 0 aliphatic heterocycles. The van der Waals surface area contributed by atoms with Crippen molar-refractivity contribution in [3.8, 4) is 5.75 Å². The molecule has 10 heteroatoms. The molecule has 0 saturated carbocycles. The normalized spacial score (nSPS) is 12.0. The van der Waals surface area contributed by atoms with Crippen LogP contribution in [0.4, 0.5) is 36.4 Å². The van der Waals surface area contributed by atoms with Gasteiger partial charge >= 0.3 is 12.4 Å². The number of carbonyl (C=O) groups is 1. The molecule has 0 aliphatic carbocycles. The van der Waals surface area contributed by atoms with E-state index in [-0.39, 0.29) is 5.56 Å². The highest BCUT2D eigenvalue weighted by Crippen LogP contribution is 2.35. The molecule has 146 valence electrons. The van der Waals surface area contributed by atoms with E-state index in [2.05, 4.69) is 4.74 Å². The average Bonchev–Trinajstić information content (AvgIpc) is 2.54. The van der Waals surface area contributed by atoms with Crippen LogP contribution in [0.1, 0.15) is 11.1 Å². The van der Waals surface area contributed by atoms with E-state index in [0.717, 1.165) is 6.07 Å². The molecule has 3 nitrogen and oxygen atoms in total. The van der Waals surface area contributed by atoms with Crippen molar-refractivity contribution >= 4 is 11.6 Å². The Morgan fingerprint density at radius 1 is 1.00 bits per heavy atom. The Bertz CT molecular complexity index is 816. The third kappa shape index (κ3) is 6.15. The summed E-state index contributed by atoms with van der Waals surface area (Å²) in [6.45, 7) is -1.76. The van der Waals surface area contributed by atoms with E-state index < -0.39 is 54.1 Å². The lowest BCUT2D eigenvalue weighted by molar-refractivity contribution is -0.153. The molecule has 0 aliphatic rings. The Kier molecular flexibility index (Phi) is 5.97. The van der Waals surface area contributed by atoms with Gasteiger partial charge in [0.15, 0.2) is 6.61 Å². The minimum atomic E-state index is -4.78. The van der Waals surface area contributed by atoms with Crippen LogP contribution >= 0.6 is 0 Å². The summed E-state index contributed by atoms with van der Waals surface area (Å²) in [5.74, 6) is -2.22. The summed E-state index contributed by atoms with van der Waals surface area (Å²) in [6, 6.07) is 6.86. The molecule has 0 aromatic heterocycles. The summed E-state index contributed by atoms with van der Waals surface area (Å²) in [7, 11) is 0. The molecular formula is C17H12F7NO2.